The van der Waals surface area contributed by atoms with Crippen LogP contribution in [0.15, 0.2) is 140 Å². The van der Waals surface area contributed by atoms with E-state index in [4.69, 9.17) is 0 Å². The Morgan fingerprint density at radius 3 is 1.48 bits per heavy atom. The molecule has 0 amide bonds. The highest BCUT2D eigenvalue weighted by molar-refractivity contribution is 6.11. The van der Waals surface area contributed by atoms with Crippen molar-refractivity contribution in [2.45, 2.75) is 0 Å². The van der Waals surface area contributed by atoms with Crippen LogP contribution < -0.4 is 0 Å². The zero-order valence-corrected chi connectivity index (χ0v) is 21.6. The van der Waals surface area contributed by atoms with Gasteiger partial charge in [0.05, 0.1) is 39.4 Å². The van der Waals surface area contributed by atoms with Crippen molar-refractivity contribution in [2.75, 3.05) is 0 Å². The average molecular weight is 510 g/mol. The third-order valence-corrected chi connectivity index (χ3v) is 7.94. The second kappa shape index (κ2) is 8.73. The van der Waals surface area contributed by atoms with E-state index in [1.54, 1.807) is 0 Å². The van der Waals surface area contributed by atoms with Gasteiger partial charge in [0.15, 0.2) is 0 Å². The van der Waals surface area contributed by atoms with Gasteiger partial charge in [-0.2, -0.15) is 5.26 Å². The number of hydrogen-bond donors (Lipinski definition) is 0. The molecule has 2 heterocycles. The van der Waals surface area contributed by atoms with Crippen molar-refractivity contribution in [2.24, 2.45) is 0 Å². The summed E-state index contributed by atoms with van der Waals surface area (Å²) >= 11 is 0. The summed E-state index contributed by atoms with van der Waals surface area (Å²) in [7, 11) is 0. The lowest BCUT2D eigenvalue weighted by Crippen LogP contribution is -2.01. The van der Waals surface area contributed by atoms with Crippen LogP contribution in [0.1, 0.15) is 5.56 Å². The first kappa shape index (κ1) is 22.4. The van der Waals surface area contributed by atoms with Gasteiger partial charge in [0.2, 0.25) is 0 Å². The Morgan fingerprint density at radius 1 is 0.450 bits per heavy atom. The first-order chi connectivity index (χ1) is 19.8. The standard InChI is InChI=1S/C37H23N3/c38-24-25-10-9-11-26(22-25)28-21-20-27(39-33-16-5-1-12-29(33)30-13-2-6-17-34(30)39)23-37(28)40-35-18-7-3-14-31(35)32-15-4-8-19-36(32)40/h1-23H. The lowest BCUT2D eigenvalue weighted by Gasteiger charge is -2.17. The van der Waals surface area contributed by atoms with Gasteiger partial charge >= 0.3 is 0 Å². The van der Waals surface area contributed by atoms with Crippen molar-refractivity contribution in [1.82, 2.24) is 9.13 Å². The smallest absolute Gasteiger partial charge is 0.0991 e. The van der Waals surface area contributed by atoms with Crippen LogP contribution in [0.25, 0.3) is 66.1 Å². The summed E-state index contributed by atoms with van der Waals surface area (Å²) < 4.78 is 4.73. The minimum absolute atomic E-state index is 0.650. The summed E-state index contributed by atoms with van der Waals surface area (Å²) in [6.45, 7) is 0. The van der Waals surface area contributed by atoms with E-state index in [2.05, 4.69) is 137 Å². The Bertz CT molecular complexity index is 2180. The van der Waals surface area contributed by atoms with E-state index < -0.39 is 0 Å². The Labute approximate surface area is 231 Å². The predicted octanol–water partition coefficient (Wildman–Crippen LogP) is 9.42. The number of nitriles is 1. The number of aromatic nitrogens is 2. The van der Waals surface area contributed by atoms with Crippen LogP contribution in [0.2, 0.25) is 0 Å². The quantitative estimate of drug-likeness (QED) is 0.233. The average Bonchev–Trinajstić information content (AvgIpc) is 3.54. The molecular weight excluding hydrogens is 486 g/mol. The monoisotopic (exact) mass is 509 g/mol. The van der Waals surface area contributed by atoms with Gasteiger partial charge in [-0.25, -0.2) is 0 Å². The molecule has 0 saturated carbocycles. The Morgan fingerprint density at radius 2 is 0.950 bits per heavy atom. The van der Waals surface area contributed by atoms with Gasteiger partial charge in [0.1, 0.15) is 0 Å². The molecule has 6 aromatic carbocycles. The molecule has 0 spiro atoms. The van der Waals surface area contributed by atoms with E-state index in [1.165, 1.54) is 32.6 Å². The fraction of sp³-hybridized carbons (Fsp3) is 0. The predicted molar refractivity (Wildman–Crippen MR) is 165 cm³/mol. The van der Waals surface area contributed by atoms with E-state index >= 15 is 0 Å². The van der Waals surface area contributed by atoms with Crippen molar-refractivity contribution in [3.05, 3.63) is 145 Å². The molecular formula is C37H23N3. The lowest BCUT2D eigenvalue weighted by atomic mass is 10.0. The highest BCUT2D eigenvalue weighted by Gasteiger charge is 2.18. The molecule has 0 atom stereocenters. The molecule has 8 aromatic rings. The molecule has 0 aliphatic rings. The van der Waals surface area contributed by atoms with Crippen LogP contribution in [-0.4, -0.2) is 9.13 Å². The van der Waals surface area contributed by atoms with E-state index in [1.807, 2.05) is 18.2 Å². The normalized spacial score (nSPS) is 11.5. The third-order valence-electron chi connectivity index (χ3n) is 7.94. The molecule has 0 aliphatic heterocycles. The summed E-state index contributed by atoms with van der Waals surface area (Å²) in [5, 5.41) is 14.6. The maximum atomic E-state index is 9.66. The number of rotatable bonds is 3. The van der Waals surface area contributed by atoms with Gasteiger partial charge in [-0.1, -0.05) is 91.0 Å². The summed E-state index contributed by atoms with van der Waals surface area (Å²) in [5.41, 5.74) is 9.57. The summed E-state index contributed by atoms with van der Waals surface area (Å²) in [4.78, 5) is 0. The Hall–Kier alpha value is -5.59. The zero-order chi connectivity index (χ0) is 26.6. The SMILES string of the molecule is N#Cc1cccc(-c2ccc(-n3c4ccccc4c4ccccc43)cc2-n2c3ccccc3c3ccccc32)c1. The Kier molecular flexibility index (Phi) is 4.89. The van der Waals surface area contributed by atoms with Crippen LogP contribution >= 0.6 is 0 Å². The first-order valence-electron chi connectivity index (χ1n) is 13.4. The first-order valence-corrected chi connectivity index (χ1v) is 13.4. The van der Waals surface area contributed by atoms with Crippen LogP contribution in [0.4, 0.5) is 0 Å². The van der Waals surface area contributed by atoms with Crippen LogP contribution in [0.5, 0.6) is 0 Å². The maximum absolute atomic E-state index is 9.66. The van der Waals surface area contributed by atoms with Gasteiger partial charge < -0.3 is 9.13 Å². The molecule has 186 valence electrons. The molecule has 0 N–H and O–H groups in total. The minimum Gasteiger partial charge on any atom is -0.309 e. The van der Waals surface area contributed by atoms with E-state index in [0.29, 0.717) is 5.56 Å². The molecule has 0 saturated heterocycles. The second-order valence-corrected chi connectivity index (χ2v) is 10.1. The van der Waals surface area contributed by atoms with E-state index in [0.717, 1.165) is 33.5 Å². The van der Waals surface area contributed by atoms with Gasteiger partial charge in [0.25, 0.3) is 0 Å². The van der Waals surface area contributed by atoms with Gasteiger partial charge in [-0.3, -0.25) is 0 Å². The molecule has 0 radical (unpaired) electrons. The van der Waals surface area contributed by atoms with Crippen LogP contribution in [-0.2, 0) is 0 Å². The zero-order valence-electron chi connectivity index (χ0n) is 21.6. The van der Waals surface area contributed by atoms with Crippen LogP contribution in [0.3, 0.4) is 0 Å². The highest BCUT2D eigenvalue weighted by atomic mass is 15.0. The number of benzene rings is 6. The molecule has 3 heteroatoms. The van der Waals surface area contributed by atoms with Gasteiger partial charge in [-0.15, -0.1) is 0 Å². The lowest BCUT2D eigenvalue weighted by molar-refractivity contribution is 1.13. The molecule has 0 aliphatic carbocycles. The fourth-order valence-electron chi connectivity index (χ4n) is 6.23. The number of fused-ring (bicyclic) bond motifs is 6. The molecule has 2 aromatic heterocycles. The Balaban J connectivity index is 1.51. The summed E-state index contributed by atoms with van der Waals surface area (Å²) in [6, 6.07) is 51.3. The van der Waals surface area contributed by atoms with E-state index in [9.17, 15) is 5.26 Å². The molecule has 0 fully saturated rings. The molecule has 0 unspecified atom stereocenters. The minimum atomic E-state index is 0.650. The van der Waals surface area contributed by atoms with Crippen molar-refractivity contribution in [1.29, 1.82) is 5.26 Å². The molecule has 8 rings (SSSR count). The number of para-hydroxylation sites is 4. The highest BCUT2D eigenvalue weighted by Crippen LogP contribution is 2.39. The fourth-order valence-corrected chi connectivity index (χ4v) is 6.23. The van der Waals surface area contributed by atoms with E-state index in [-0.39, 0.29) is 0 Å². The maximum Gasteiger partial charge on any atom is 0.0991 e. The van der Waals surface area contributed by atoms with Crippen molar-refractivity contribution < 1.29 is 0 Å². The molecule has 3 nitrogen and oxygen atoms in total. The molecule has 40 heavy (non-hydrogen) atoms. The number of nitrogens with zero attached hydrogens (tertiary/aromatic N) is 3. The van der Waals surface area contributed by atoms with Gasteiger partial charge in [0, 0.05) is 32.8 Å². The van der Waals surface area contributed by atoms with Crippen molar-refractivity contribution in [3.8, 4) is 28.6 Å². The van der Waals surface area contributed by atoms with Gasteiger partial charge in [-0.05, 0) is 54.1 Å². The largest absolute Gasteiger partial charge is 0.309 e. The van der Waals surface area contributed by atoms with Crippen molar-refractivity contribution >= 4 is 43.6 Å². The molecule has 0 bridgehead atoms. The van der Waals surface area contributed by atoms with Crippen molar-refractivity contribution in [3.63, 3.8) is 0 Å². The second-order valence-electron chi connectivity index (χ2n) is 10.1. The third kappa shape index (κ3) is 3.24. The number of hydrogen-bond acceptors (Lipinski definition) is 1. The summed E-state index contributed by atoms with van der Waals surface area (Å²) in [6.07, 6.45) is 0. The summed E-state index contributed by atoms with van der Waals surface area (Å²) in [5.74, 6) is 0. The topological polar surface area (TPSA) is 33.6 Å². The van der Waals surface area contributed by atoms with Crippen LogP contribution in [0, 0.1) is 11.3 Å².